The first-order valence-electron chi connectivity index (χ1n) is 8.38. The van der Waals surface area contributed by atoms with Gasteiger partial charge in [0.25, 0.3) is 0 Å². The zero-order valence-electron chi connectivity index (χ0n) is 14.4. The number of hydrogen-bond acceptors (Lipinski definition) is 4. The lowest BCUT2D eigenvalue weighted by molar-refractivity contribution is 0.380. The molecule has 0 saturated carbocycles. The van der Waals surface area contributed by atoms with Crippen LogP contribution in [0.1, 0.15) is 18.4 Å². The third-order valence-corrected chi connectivity index (χ3v) is 4.00. The van der Waals surface area contributed by atoms with Crippen LogP contribution in [0.3, 0.4) is 0 Å². The minimum atomic E-state index is 0.354. The van der Waals surface area contributed by atoms with E-state index in [0.717, 1.165) is 17.7 Å². The molecular formula is C19H20ClN5O. The lowest BCUT2D eigenvalue weighted by Gasteiger charge is -2.06. The van der Waals surface area contributed by atoms with Gasteiger partial charge in [-0.25, -0.2) is 0 Å². The second-order valence-electron chi connectivity index (χ2n) is 5.72. The number of nitrogens with two attached hydrogens (primary N) is 1. The minimum absolute atomic E-state index is 0.354. The number of rotatable bonds is 6. The van der Waals surface area contributed by atoms with Gasteiger partial charge in [-0.2, -0.15) is 4.98 Å². The average Bonchev–Trinajstić information content (AvgIpc) is 3.11. The van der Waals surface area contributed by atoms with E-state index in [0.29, 0.717) is 35.7 Å². The molecule has 0 aliphatic rings. The summed E-state index contributed by atoms with van der Waals surface area (Å²) >= 11 is 5.98. The zero-order chi connectivity index (χ0) is 18.4. The lowest BCUT2D eigenvalue weighted by atomic mass is 10.1. The number of nitrogens with one attached hydrogen (secondary N) is 1. The normalized spacial score (nSPS) is 11.5. The van der Waals surface area contributed by atoms with Crippen LogP contribution in [0.2, 0.25) is 5.02 Å². The summed E-state index contributed by atoms with van der Waals surface area (Å²) in [5.74, 6) is 1.37. The first-order chi connectivity index (χ1) is 12.6. The van der Waals surface area contributed by atoms with Crippen molar-refractivity contribution in [2.75, 3.05) is 11.9 Å². The van der Waals surface area contributed by atoms with Crippen molar-refractivity contribution in [2.24, 2.45) is 10.7 Å². The van der Waals surface area contributed by atoms with Crippen molar-refractivity contribution in [1.29, 1.82) is 0 Å². The second-order valence-corrected chi connectivity index (χ2v) is 6.15. The fourth-order valence-electron chi connectivity index (χ4n) is 2.43. The van der Waals surface area contributed by atoms with Crippen molar-refractivity contribution >= 4 is 23.2 Å². The molecule has 3 aromatic rings. The molecule has 1 aromatic heterocycles. The van der Waals surface area contributed by atoms with Gasteiger partial charge >= 0.3 is 0 Å². The number of aliphatic imine (C=N–C) groups is 1. The van der Waals surface area contributed by atoms with Crippen molar-refractivity contribution in [3.05, 3.63) is 65.0 Å². The molecule has 134 valence electrons. The molecule has 0 aliphatic carbocycles. The monoisotopic (exact) mass is 369 g/mol. The van der Waals surface area contributed by atoms with Crippen LogP contribution in [0.5, 0.6) is 0 Å². The predicted octanol–water partition coefficient (Wildman–Crippen LogP) is 3.92. The minimum Gasteiger partial charge on any atom is -0.370 e. The fourth-order valence-corrected chi connectivity index (χ4v) is 2.62. The number of hydrogen-bond donors (Lipinski definition) is 2. The van der Waals surface area contributed by atoms with Gasteiger partial charge in [0.15, 0.2) is 5.96 Å². The van der Waals surface area contributed by atoms with E-state index in [1.165, 1.54) is 5.56 Å². The molecule has 7 heteroatoms. The summed E-state index contributed by atoms with van der Waals surface area (Å²) in [6.45, 7) is 2.56. The molecule has 0 unspecified atom stereocenters. The van der Waals surface area contributed by atoms with E-state index in [-0.39, 0.29) is 0 Å². The molecule has 26 heavy (non-hydrogen) atoms. The molecule has 6 nitrogen and oxygen atoms in total. The summed E-state index contributed by atoms with van der Waals surface area (Å²) in [6.07, 6.45) is 1.48. The van der Waals surface area contributed by atoms with Gasteiger partial charge in [-0.3, -0.25) is 4.99 Å². The molecule has 0 atom stereocenters. The van der Waals surface area contributed by atoms with E-state index >= 15 is 0 Å². The number of anilines is 1. The number of halogens is 1. The molecular weight excluding hydrogens is 350 g/mol. The Labute approximate surface area is 157 Å². The maximum atomic E-state index is 5.98. The lowest BCUT2D eigenvalue weighted by Crippen LogP contribution is -2.23. The Kier molecular flexibility index (Phi) is 5.86. The summed E-state index contributed by atoms with van der Waals surface area (Å²) in [5.41, 5.74) is 8.91. The van der Waals surface area contributed by atoms with Gasteiger partial charge in [0.1, 0.15) is 0 Å². The molecule has 0 aliphatic heterocycles. The number of nitrogens with zero attached hydrogens (tertiary/aromatic N) is 3. The van der Waals surface area contributed by atoms with Gasteiger partial charge in [-0.05, 0) is 36.2 Å². The van der Waals surface area contributed by atoms with Gasteiger partial charge in [-0.15, -0.1) is 0 Å². The molecule has 0 radical (unpaired) electrons. The highest BCUT2D eigenvalue weighted by molar-refractivity contribution is 6.30. The zero-order valence-corrected chi connectivity index (χ0v) is 15.2. The third-order valence-electron chi connectivity index (χ3n) is 3.77. The van der Waals surface area contributed by atoms with Crippen LogP contribution in [-0.4, -0.2) is 22.6 Å². The van der Waals surface area contributed by atoms with Crippen LogP contribution in [0, 0.1) is 0 Å². The maximum absolute atomic E-state index is 5.98. The molecule has 1 heterocycles. The van der Waals surface area contributed by atoms with Crippen LogP contribution >= 0.6 is 11.6 Å². The van der Waals surface area contributed by atoms with Gasteiger partial charge in [-0.1, -0.05) is 47.9 Å². The van der Waals surface area contributed by atoms with E-state index < -0.39 is 0 Å². The molecule has 2 aromatic carbocycles. The van der Waals surface area contributed by atoms with Crippen molar-refractivity contribution in [3.63, 3.8) is 0 Å². The van der Waals surface area contributed by atoms with E-state index in [9.17, 15) is 0 Å². The quantitative estimate of drug-likeness (QED) is 0.507. The Balaban J connectivity index is 1.56. The number of aromatic nitrogens is 2. The molecule has 3 N–H and O–H groups in total. The van der Waals surface area contributed by atoms with E-state index in [4.69, 9.17) is 21.9 Å². The molecule has 0 amide bonds. The number of guanidine groups is 1. The molecule has 3 rings (SSSR count). The summed E-state index contributed by atoms with van der Waals surface area (Å²) in [4.78, 5) is 8.66. The Morgan fingerprint density at radius 3 is 2.88 bits per heavy atom. The Morgan fingerprint density at radius 1 is 1.23 bits per heavy atom. The highest BCUT2D eigenvalue weighted by atomic mass is 35.5. The van der Waals surface area contributed by atoms with Gasteiger partial charge in [0.2, 0.25) is 11.7 Å². The van der Waals surface area contributed by atoms with Gasteiger partial charge in [0.05, 0.1) is 6.54 Å². The van der Waals surface area contributed by atoms with E-state index in [2.05, 4.69) is 39.5 Å². The molecule has 0 saturated heterocycles. The standard InChI is InChI=1S/C19H20ClN5O/c1-2-13-5-3-8-16(11-13)23-19(21)22-10-9-17-24-18(25-26-17)14-6-4-7-15(20)12-14/h3-8,11-12H,2,9-10H2,1H3,(H3,21,22,23). The first-order valence-corrected chi connectivity index (χ1v) is 8.76. The first kappa shape index (κ1) is 17.9. The highest BCUT2D eigenvalue weighted by Crippen LogP contribution is 2.20. The Hall–Kier alpha value is -2.86. The largest absolute Gasteiger partial charge is 0.370 e. The van der Waals surface area contributed by atoms with Crippen molar-refractivity contribution in [3.8, 4) is 11.4 Å². The van der Waals surface area contributed by atoms with Gasteiger partial charge < -0.3 is 15.6 Å². The summed E-state index contributed by atoms with van der Waals surface area (Å²) in [6, 6.07) is 15.4. The van der Waals surface area contributed by atoms with Crippen molar-refractivity contribution in [2.45, 2.75) is 19.8 Å². The number of benzene rings is 2. The van der Waals surface area contributed by atoms with Crippen molar-refractivity contribution in [1.82, 2.24) is 10.1 Å². The predicted molar refractivity (Wildman–Crippen MR) is 104 cm³/mol. The Morgan fingerprint density at radius 2 is 2.08 bits per heavy atom. The molecule has 0 spiro atoms. The SMILES string of the molecule is CCc1cccc(NC(N)=NCCc2nc(-c3cccc(Cl)c3)no2)c1. The maximum Gasteiger partial charge on any atom is 0.228 e. The van der Waals surface area contributed by atoms with Crippen LogP contribution in [-0.2, 0) is 12.8 Å². The second kappa shape index (κ2) is 8.49. The van der Waals surface area contributed by atoms with E-state index in [1.807, 2.05) is 24.3 Å². The summed E-state index contributed by atoms with van der Waals surface area (Å²) < 4.78 is 5.25. The summed E-state index contributed by atoms with van der Waals surface area (Å²) in [5, 5.41) is 7.69. The third kappa shape index (κ3) is 4.83. The fraction of sp³-hybridized carbons (Fsp3) is 0.211. The molecule has 0 fully saturated rings. The van der Waals surface area contributed by atoms with Crippen molar-refractivity contribution < 1.29 is 4.52 Å². The highest BCUT2D eigenvalue weighted by Gasteiger charge is 2.08. The topological polar surface area (TPSA) is 89.3 Å². The Bertz CT molecular complexity index is 906. The van der Waals surface area contributed by atoms with Gasteiger partial charge in [0, 0.05) is 22.7 Å². The average molecular weight is 370 g/mol. The molecule has 0 bridgehead atoms. The smallest absolute Gasteiger partial charge is 0.228 e. The summed E-state index contributed by atoms with van der Waals surface area (Å²) in [7, 11) is 0. The van der Waals surface area contributed by atoms with Crippen LogP contribution in [0.15, 0.2) is 58.0 Å². The number of aryl methyl sites for hydroxylation is 1. The van der Waals surface area contributed by atoms with Crippen LogP contribution in [0.4, 0.5) is 5.69 Å². The van der Waals surface area contributed by atoms with Crippen LogP contribution < -0.4 is 11.1 Å². The van der Waals surface area contributed by atoms with Crippen LogP contribution in [0.25, 0.3) is 11.4 Å². The van der Waals surface area contributed by atoms with E-state index in [1.54, 1.807) is 12.1 Å².